The number of nitrogens with zero attached hydrogens (tertiary/aromatic N) is 2. The Balaban J connectivity index is 2.74. The van der Waals surface area contributed by atoms with Crippen LogP contribution in [0.5, 0.6) is 5.75 Å². The zero-order chi connectivity index (χ0) is 15.4. The average molecular weight is 307 g/mol. The second-order valence-electron chi connectivity index (χ2n) is 3.97. The van der Waals surface area contributed by atoms with Gasteiger partial charge in [0.25, 0.3) is 0 Å². The molecule has 0 unspecified atom stereocenters. The summed E-state index contributed by atoms with van der Waals surface area (Å²) in [6, 6.07) is 3.00. The number of rotatable bonds is 4. The molecule has 2 rings (SSSR count). The first-order chi connectivity index (χ1) is 10.1. The molecular weight excluding hydrogens is 296 g/mol. The molecule has 21 heavy (non-hydrogen) atoms. The van der Waals surface area contributed by atoms with Gasteiger partial charge in [-0.25, -0.2) is 9.78 Å². The van der Waals surface area contributed by atoms with Crippen molar-refractivity contribution >= 4 is 23.9 Å². The molecule has 0 saturated carbocycles. The SMILES string of the molecule is COC(=O)c1cnc(C=O)cc1-c1cc(Cl)ncc1OC. The van der Waals surface area contributed by atoms with Crippen LogP contribution in [0.2, 0.25) is 5.15 Å². The minimum Gasteiger partial charge on any atom is -0.494 e. The molecule has 2 aromatic heterocycles. The number of esters is 1. The standard InChI is InChI=1S/C14H11ClN2O4/c1-20-12-6-17-13(15)4-10(12)9-3-8(7-18)16-5-11(9)14(19)21-2/h3-7H,1-2H3. The van der Waals surface area contributed by atoms with Crippen LogP contribution in [0.4, 0.5) is 0 Å². The van der Waals surface area contributed by atoms with E-state index in [1.165, 1.54) is 38.7 Å². The molecule has 0 aliphatic carbocycles. The molecule has 2 aromatic rings. The Morgan fingerprint density at radius 1 is 1.19 bits per heavy atom. The number of pyridine rings is 2. The first-order valence-corrected chi connectivity index (χ1v) is 6.22. The number of halogens is 1. The van der Waals surface area contributed by atoms with Gasteiger partial charge in [0.05, 0.1) is 26.0 Å². The van der Waals surface area contributed by atoms with Crippen molar-refractivity contribution in [3.63, 3.8) is 0 Å². The topological polar surface area (TPSA) is 78.4 Å². The Kier molecular flexibility index (Phi) is 4.49. The van der Waals surface area contributed by atoms with Gasteiger partial charge in [0.1, 0.15) is 16.6 Å². The van der Waals surface area contributed by atoms with Crippen LogP contribution in [0.25, 0.3) is 11.1 Å². The second-order valence-corrected chi connectivity index (χ2v) is 4.36. The van der Waals surface area contributed by atoms with E-state index in [4.69, 9.17) is 21.1 Å². The van der Waals surface area contributed by atoms with Crippen molar-refractivity contribution in [3.05, 3.63) is 40.9 Å². The fourth-order valence-corrected chi connectivity index (χ4v) is 1.98. The average Bonchev–Trinajstić information content (AvgIpc) is 2.53. The van der Waals surface area contributed by atoms with Gasteiger partial charge in [0.15, 0.2) is 6.29 Å². The van der Waals surface area contributed by atoms with Crippen LogP contribution in [0.15, 0.2) is 24.5 Å². The minimum atomic E-state index is -0.579. The highest BCUT2D eigenvalue weighted by Gasteiger charge is 2.18. The second kappa shape index (κ2) is 6.32. The maximum Gasteiger partial charge on any atom is 0.340 e. The molecule has 108 valence electrons. The Hall–Kier alpha value is -2.47. The summed E-state index contributed by atoms with van der Waals surface area (Å²) in [7, 11) is 2.73. The molecule has 0 aromatic carbocycles. The summed E-state index contributed by atoms with van der Waals surface area (Å²) < 4.78 is 9.93. The van der Waals surface area contributed by atoms with E-state index in [0.717, 1.165) is 0 Å². The summed E-state index contributed by atoms with van der Waals surface area (Å²) in [5, 5.41) is 0.228. The van der Waals surface area contributed by atoms with E-state index in [1.807, 2.05) is 0 Å². The molecule has 0 aliphatic heterocycles. The molecule has 0 aliphatic rings. The van der Waals surface area contributed by atoms with Crippen molar-refractivity contribution in [1.82, 2.24) is 9.97 Å². The Morgan fingerprint density at radius 3 is 2.57 bits per heavy atom. The van der Waals surface area contributed by atoms with E-state index < -0.39 is 5.97 Å². The van der Waals surface area contributed by atoms with Crippen LogP contribution in [0, 0.1) is 0 Å². The van der Waals surface area contributed by atoms with E-state index in [2.05, 4.69) is 9.97 Å². The van der Waals surface area contributed by atoms with Gasteiger partial charge in [0.2, 0.25) is 0 Å². The molecule has 0 atom stereocenters. The third kappa shape index (κ3) is 3.00. The quantitative estimate of drug-likeness (QED) is 0.490. The maximum atomic E-state index is 11.9. The van der Waals surface area contributed by atoms with Crippen LogP contribution in [-0.4, -0.2) is 36.4 Å². The zero-order valence-corrected chi connectivity index (χ0v) is 12.0. The van der Waals surface area contributed by atoms with E-state index in [-0.39, 0.29) is 16.4 Å². The van der Waals surface area contributed by atoms with Crippen molar-refractivity contribution < 1.29 is 19.1 Å². The first-order valence-electron chi connectivity index (χ1n) is 5.84. The van der Waals surface area contributed by atoms with Gasteiger partial charge in [-0.3, -0.25) is 9.78 Å². The molecular formula is C14H11ClN2O4. The molecule has 0 N–H and O–H groups in total. The molecule has 0 spiro atoms. The van der Waals surface area contributed by atoms with Gasteiger partial charge >= 0.3 is 5.97 Å². The number of carbonyl (C=O) groups is 2. The summed E-state index contributed by atoms with van der Waals surface area (Å²) in [6.45, 7) is 0. The summed E-state index contributed by atoms with van der Waals surface area (Å²) in [6.07, 6.45) is 3.29. The summed E-state index contributed by atoms with van der Waals surface area (Å²) in [5.74, 6) is -0.169. The number of hydrogen-bond acceptors (Lipinski definition) is 6. The lowest BCUT2D eigenvalue weighted by atomic mass is 10.0. The van der Waals surface area contributed by atoms with E-state index >= 15 is 0 Å². The van der Waals surface area contributed by atoms with Gasteiger partial charge < -0.3 is 9.47 Å². The van der Waals surface area contributed by atoms with Crippen LogP contribution in [0.1, 0.15) is 20.8 Å². The van der Waals surface area contributed by atoms with Gasteiger partial charge in [-0.05, 0) is 12.1 Å². The molecule has 0 bridgehead atoms. The molecule has 0 amide bonds. The third-order valence-corrected chi connectivity index (χ3v) is 3.00. The van der Waals surface area contributed by atoms with E-state index in [0.29, 0.717) is 23.2 Å². The highest BCUT2D eigenvalue weighted by atomic mass is 35.5. The number of aldehydes is 1. The largest absolute Gasteiger partial charge is 0.494 e. The lowest BCUT2D eigenvalue weighted by molar-refractivity contribution is 0.0601. The van der Waals surface area contributed by atoms with Crippen LogP contribution >= 0.6 is 11.6 Å². The minimum absolute atomic E-state index is 0.174. The Labute approximate surface area is 125 Å². The number of hydrogen-bond donors (Lipinski definition) is 0. The fraction of sp³-hybridized carbons (Fsp3) is 0.143. The highest BCUT2D eigenvalue weighted by Crippen LogP contribution is 2.33. The highest BCUT2D eigenvalue weighted by molar-refractivity contribution is 6.29. The summed E-state index contributed by atoms with van der Waals surface area (Å²) in [5.41, 5.74) is 1.32. The van der Waals surface area contributed by atoms with Crippen LogP contribution in [-0.2, 0) is 4.74 Å². The number of ether oxygens (including phenoxy) is 2. The van der Waals surface area contributed by atoms with Crippen molar-refractivity contribution in [3.8, 4) is 16.9 Å². The molecule has 2 heterocycles. The Morgan fingerprint density at radius 2 is 1.95 bits per heavy atom. The van der Waals surface area contributed by atoms with Gasteiger partial charge in [-0.15, -0.1) is 0 Å². The third-order valence-electron chi connectivity index (χ3n) is 2.80. The molecule has 6 nitrogen and oxygen atoms in total. The number of methoxy groups -OCH3 is 2. The van der Waals surface area contributed by atoms with E-state index in [1.54, 1.807) is 0 Å². The number of carbonyl (C=O) groups excluding carboxylic acids is 2. The summed E-state index contributed by atoms with van der Waals surface area (Å²) in [4.78, 5) is 30.6. The first kappa shape index (κ1) is 14.9. The van der Waals surface area contributed by atoms with Gasteiger partial charge in [-0.2, -0.15) is 0 Å². The monoisotopic (exact) mass is 306 g/mol. The predicted molar refractivity (Wildman–Crippen MR) is 75.8 cm³/mol. The maximum absolute atomic E-state index is 11.9. The normalized spacial score (nSPS) is 10.0. The lowest BCUT2D eigenvalue weighted by Crippen LogP contribution is -2.06. The zero-order valence-electron chi connectivity index (χ0n) is 11.3. The van der Waals surface area contributed by atoms with Gasteiger partial charge in [0, 0.05) is 17.3 Å². The number of aromatic nitrogens is 2. The molecule has 7 heteroatoms. The summed E-state index contributed by atoms with van der Waals surface area (Å²) >= 11 is 5.90. The smallest absolute Gasteiger partial charge is 0.340 e. The van der Waals surface area contributed by atoms with Crippen molar-refractivity contribution in [2.75, 3.05) is 14.2 Å². The molecule has 0 fully saturated rings. The lowest BCUT2D eigenvalue weighted by Gasteiger charge is -2.12. The predicted octanol–water partition coefficient (Wildman–Crippen LogP) is 2.40. The van der Waals surface area contributed by atoms with Crippen LogP contribution in [0.3, 0.4) is 0 Å². The van der Waals surface area contributed by atoms with Gasteiger partial charge in [-0.1, -0.05) is 11.6 Å². The van der Waals surface area contributed by atoms with Crippen molar-refractivity contribution in [2.45, 2.75) is 0 Å². The van der Waals surface area contributed by atoms with Crippen molar-refractivity contribution in [1.29, 1.82) is 0 Å². The van der Waals surface area contributed by atoms with E-state index in [9.17, 15) is 9.59 Å². The fourth-order valence-electron chi connectivity index (χ4n) is 1.82. The van der Waals surface area contributed by atoms with Crippen LogP contribution < -0.4 is 4.74 Å². The Bertz CT molecular complexity index is 703. The van der Waals surface area contributed by atoms with Crippen molar-refractivity contribution in [2.24, 2.45) is 0 Å². The molecule has 0 radical (unpaired) electrons. The molecule has 0 saturated heterocycles.